The van der Waals surface area contributed by atoms with Crippen molar-refractivity contribution in [3.8, 4) is 11.5 Å². The molecule has 28 heavy (non-hydrogen) atoms. The summed E-state index contributed by atoms with van der Waals surface area (Å²) in [5.41, 5.74) is 0.720. The number of hydrogen-bond acceptors (Lipinski definition) is 6. The van der Waals surface area contributed by atoms with Crippen molar-refractivity contribution in [1.82, 2.24) is 20.8 Å². The van der Waals surface area contributed by atoms with Crippen LogP contribution in [-0.4, -0.2) is 35.0 Å². The Morgan fingerprint density at radius 3 is 2.36 bits per heavy atom. The first-order chi connectivity index (χ1) is 13.4. The lowest BCUT2D eigenvalue weighted by Gasteiger charge is -2.11. The van der Waals surface area contributed by atoms with Gasteiger partial charge in [0.05, 0.1) is 17.4 Å². The molecule has 0 saturated heterocycles. The fraction of sp³-hybridized carbons (Fsp3) is 0.300. The van der Waals surface area contributed by atoms with Crippen molar-refractivity contribution in [2.75, 3.05) is 13.1 Å². The molecule has 0 unspecified atom stereocenters. The number of rotatable bonds is 6. The first-order valence-electron chi connectivity index (χ1n) is 8.90. The van der Waals surface area contributed by atoms with Gasteiger partial charge in [-0.1, -0.05) is 38.1 Å². The second-order valence-electron chi connectivity index (χ2n) is 7.21. The highest BCUT2D eigenvalue weighted by Gasteiger charge is 2.23. The number of amides is 2. The molecule has 8 nitrogen and oxygen atoms in total. The van der Waals surface area contributed by atoms with E-state index in [0.717, 1.165) is 0 Å². The van der Waals surface area contributed by atoms with E-state index in [9.17, 15) is 9.59 Å². The number of hydrogen-bond donors (Lipinski definition) is 2. The maximum atomic E-state index is 12.6. The summed E-state index contributed by atoms with van der Waals surface area (Å²) in [5, 5.41) is 9.45. The van der Waals surface area contributed by atoms with Gasteiger partial charge in [0.1, 0.15) is 0 Å². The maximum absolute atomic E-state index is 12.6. The summed E-state index contributed by atoms with van der Waals surface area (Å²) in [7, 11) is 0. The van der Waals surface area contributed by atoms with Gasteiger partial charge in [-0.25, -0.2) is 0 Å². The van der Waals surface area contributed by atoms with Crippen LogP contribution >= 0.6 is 0 Å². The summed E-state index contributed by atoms with van der Waals surface area (Å²) < 4.78 is 10.4. The summed E-state index contributed by atoms with van der Waals surface area (Å²) in [6.45, 7) is 6.48. The average Bonchev–Trinajstić information content (AvgIpc) is 3.36. The van der Waals surface area contributed by atoms with Crippen LogP contribution in [0.3, 0.4) is 0 Å². The maximum Gasteiger partial charge on any atom is 0.287 e. The first-order valence-corrected chi connectivity index (χ1v) is 8.90. The molecule has 0 bridgehead atoms. The summed E-state index contributed by atoms with van der Waals surface area (Å²) in [6.07, 6.45) is 1.43. The average molecular weight is 382 g/mol. The van der Waals surface area contributed by atoms with E-state index in [2.05, 4.69) is 20.8 Å². The fourth-order valence-corrected chi connectivity index (χ4v) is 2.45. The minimum Gasteiger partial charge on any atom is -0.459 e. The van der Waals surface area contributed by atoms with Crippen LogP contribution < -0.4 is 10.6 Å². The largest absolute Gasteiger partial charge is 0.459 e. The summed E-state index contributed by atoms with van der Waals surface area (Å²) >= 11 is 0. The molecule has 8 heteroatoms. The van der Waals surface area contributed by atoms with Gasteiger partial charge in [0, 0.05) is 18.5 Å². The van der Waals surface area contributed by atoms with E-state index >= 15 is 0 Å². The number of nitrogens with one attached hydrogen (secondary N) is 2. The summed E-state index contributed by atoms with van der Waals surface area (Å²) in [5.74, 6) is 0.460. The highest BCUT2D eigenvalue weighted by atomic mass is 16.5. The molecule has 2 aromatic heterocycles. The molecule has 2 N–H and O–H groups in total. The first kappa shape index (κ1) is 19.3. The Kier molecular flexibility index (Phi) is 5.58. The minimum absolute atomic E-state index is 0.225. The number of furan rings is 1. The van der Waals surface area contributed by atoms with E-state index in [4.69, 9.17) is 8.94 Å². The molecule has 0 saturated carbocycles. The van der Waals surface area contributed by atoms with Crippen LogP contribution in [0.5, 0.6) is 0 Å². The summed E-state index contributed by atoms with van der Waals surface area (Å²) in [4.78, 5) is 28.8. The van der Waals surface area contributed by atoms with Crippen molar-refractivity contribution >= 4 is 11.8 Å². The monoisotopic (exact) mass is 382 g/mol. The van der Waals surface area contributed by atoms with Crippen LogP contribution in [0.25, 0.3) is 11.5 Å². The normalized spacial score (nSPS) is 11.2. The Labute approximate surface area is 162 Å². The van der Waals surface area contributed by atoms with E-state index in [-0.39, 0.29) is 36.1 Å². The third kappa shape index (κ3) is 4.46. The summed E-state index contributed by atoms with van der Waals surface area (Å²) in [6, 6.07) is 10.2. The van der Waals surface area contributed by atoms with E-state index < -0.39 is 0 Å². The zero-order valence-electron chi connectivity index (χ0n) is 16.0. The van der Waals surface area contributed by atoms with Crippen LogP contribution in [0.2, 0.25) is 0 Å². The van der Waals surface area contributed by atoms with Crippen molar-refractivity contribution in [1.29, 1.82) is 0 Å². The van der Waals surface area contributed by atoms with Crippen LogP contribution in [0.1, 0.15) is 47.5 Å². The molecule has 0 atom stereocenters. The quantitative estimate of drug-likeness (QED) is 0.634. The van der Waals surface area contributed by atoms with Crippen molar-refractivity contribution in [3.63, 3.8) is 0 Å². The number of carbonyl (C=O) groups is 2. The van der Waals surface area contributed by atoms with Crippen LogP contribution in [0.15, 0.2) is 51.6 Å². The Hall–Kier alpha value is -3.42. The molecule has 0 radical (unpaired) electrons. The second kappa shape index (κ2) is 8.08. The lowest BCUT2D eigenvalue weighted by Crippen LogP contribution is -2.34. The van der Waals surface area contributed by atoms with Gasteiger partial charge in [0.25, 0.3) is 17.7 Å². The Balaban J connectivity index is 1.63. The van der Waals surface area contributed by atoms with E-state index in [1.54, 1.807) is 36.4 Å². The Morgan fingerprint density at radius 2 is 1.71 bits per heavy atom. The Morgan fingerprint density at radius 1 is 1.00 bits per heavy atom. The highest BCUT2D eigenvalue weighted by Crippen LogP contribution is 2.26. The molecular formula is C20H22N4O4. The molecule has 0 aliphatic rings. The van der Waals surface area contributed by atoms with Crippen LogP contribution in [-0.2, 0) is 5.41 Å². The molecule has 0 fully saturated rings. The lowest BCUT2D eigenvalue weighted by atomic mass is 9.96. The van der Waals surface area contributed by atoms with Gasteiger partial charge in [-0.15, -0.1) is 0 Å². The van der Waals surface area contributed by atoms with E-state index in [0.29, 0.717) is 22.8 Å². The standard InChI is InChI=1S/C20H22N4O4/c1-20(2,3)19-23-18(28-24-19)14-8-5-4-7-13(14)16(25)21-10-11-22-17(26)15-9-6-12-27-15/h4-9,12H,10-11H2,1-3H3,(H,21,25)(H,22,26). The second-order valence-corrected chi connectivity index (χ2v) is 7.21. The third-order valence-electron chi connectivity index (χ3n) is 3.94. The van der Waals surface area contributed by atoms with Crippen molar-refractivity contribution < 1.29 is 18.5 Å². The smallest absolute Gasteiger partial charge is 0.287 e. The molecule has 1 aromatic carbocycles. The minimum atomic E-state index is -0.333. The zero-order chi connectivity index (χ0) is 20.1. The molecule has 3 aromatic rings. The molecule has 146 valence electrons. The molecule has 2 heterocycles. The van der Waals surface area contributed by atoms with Gasteiger partial charge in [-0.05, 0) is 24.3 Å². The number of carbonyl (C=O) groups excluding carboxylic acids is 2. The Bertz CT molecular complexity index is 955. The van der Waals surface area contributed by atoms with Crippen LogP contribution in [0.4, 0.5) is 0 Å². The van der Waals surface area contributed by atoms with E-state index in [1.807, 2.05) is 20.8 Å². The predicted molar refractivity (Wildman–Crippen MR) is 102 cm³/mol. The van der Waals surface area contributed by atoms with Crippen LogP contribution in [0, 0.1) is 0 Å². The topological polar surface area (TPSA) is 110 Å². The van der Waals surface area contributed by atoms with Gasteiger partial charge < -0.3 is 19.6 Å². The van der Waals surface area contributed by atoms with Gasteiger partial charge in [0.15, 0.2) is 11.6 Å². The van der Waals surface area contributed by atoms with Crippen molar-refractivity contribution in [3.05, 3.63) is 59.8 Å². The fourth-order valence-electron chi connectivity index (χ4n) is 2.45. The molecule has 2 amide bonds. The highest BCUT2D eigenvalue weighted by molar-refractivity contribution is 6.00. The SMILES string of the molecule is CC(C)(C)c1noc(-c2ccccc2C(=O)NCCNC(=O)c2ccco2)n1. The predicted octanol–water partition coefficient (Wildman–Crippen LogP) is 2.79. The van der Waals surface area contributed by atoms with Gasteiger partial charge in [0.2, 0.25) is 0 Å². The number of nitrogens with zero attached hydrogens (tertiary/aromatic N) is 2. The van der Waals surface area contributed by atoms with E-state index in [1.165, 1.54) is 6.26 Å². The molecule has 0 spiro atoms. The van der Waals surface area contributed by atoms with Gasteiger partial charge in [-0.2, -0.15) is 4.98 Å². The van der Waals surface area contributed by atoms with Crippen molar-refractivity contribution in [2.24, 2.45) is 0 Å². The number of aromatic nitrogens is 2. The molecule has 0 aliphatic heterocycles. The van der Waals surface area contributed by atoms with Gasteiger partial charge >= 0.3 is 0 Å². The van der Waals surface area contributed by atoms with Crippen molar-refractivity contribution in [2.45, 2.75) is 26.2 Å². The molecule has 0 aliphatic carbocycles. The van der Waals surface area contributed by atoms with Gasteiger partial charge in [-0.3, -0.25) is 9.59 Å². The lowest BCUT2D eigenvalue weighted by molar-refractivity contribution is 0.0911. The third-order valence-corrected chi connectivity index (χ3v) is 3.94. The number of benzene rings is 1. The molecular weight excluding hydrogens is 360 g/mol. The molecule has 3 rings (SSSR count). The zero-order valence-corrected chi connectivity index (χ0v) is 16.0.